The highest BCUT2D eigenvalue weighted by Gasteiger charge is 2.34. The van der Waals surface area contributed by atoms with Crippen LogP contribution >= 0.6 is 0 Å². The molecule has 0 saturated carbocycles. The molecular weight excluding hydrogens is 250 g/mol. The maximum atomic E-state index is 12.5. The Morgan fingerprint density at radius 2 is 2.06 bits per heavy atom. The molecule has 2 rings (SSSR count). The Labute approximate surface area is 108 Å². The molecule has 5 heteroatoms. The molecular formula is C13H19NO3S. The lowest BCUT2D eigenvalue weighted by Gasteiger charge is -2.22. The van der Waals surface area contributed by atoms with E-state index in [1.807, 2.05) is 19.9 Å². The quantitative estimate of drug-likeness (QED) is 0.903. The zero-order valence-electron chi connectivity index (χ0n) is 10.8. The third kappa shape index (κ3) is 2.30. The SMILES string of the molecule is Cc1ccc(S(=O)(=O)N2CCCC2CO)cc1C. The number of aryl methyl sites for hydroxylation is 2. The minimum Gasteiger partial charge on any atom is -0.395 e. The molecule has 0 amide bonds. The maximum Gasteiger partial charge on any atom is 0.243 e. The fourth-order valence-electron chi connectivity index (χ4n) is 2.32. The van der Waals surface area contributed by atoms with Gasteiger partial charge in [-0.25, -0.2) is 8.42 Å². The molecule has 1 atom stereocenters. The second-order valence-electron chi connectivity index (χ2n) is 4.84. The van der Waals surface area contributed by atoms with Crippen molar-refractivity contribution < 1.29 is 13.5 Å². The molecule has 100 valence electrons. The van der Waals surface area contributed by atoms with Gasteiger partial charge < -0.3 is 5.11 Å². The molecule has 1 N–H and O–H groups in total. The van der Waals surface area contributed by atoms with E-state index in [0.717, 1.165) is 24.0 Å². The van der Waals surface area contributed by atoms with Gasteiger partial charge in [-0.05, 0) is 49.9 Å². The van der Waals surface area contributed by atoms with Gasteiger partial charge in [0.2, 0.25) is 10.0 Å². The molecule has 1 aromatic carbocycles. The Kier molecular flexibility index (Phi) is 3.75. The van der Waals surface area contributed by atoms with Gasteiger partial charge in [0, 0.05) is 12.6 Å². The van der Waals surface area contributed by atoms with E-state index in [4.69, 9.17) is 0 Å². The van der Waals surface area contributed by atoms with E-state index in [2.05, 4.69) is 0 Å². The number of hydrogen-bond acceptors (Lipinski definition) is 3. The maximum absolute atomic E-state index is 12.5. The van der Waals surface area contributed by atoms with Crippen LogP contribution in [0.25, 0.3) is 0 Å². The summed E-state index contributed by atoms with van der Waals surface area (Å²) in [5, 5.41) is 9.24. The van der Waals surface area contributed by atoms with Crippen LogP contribution in [-0.4, -0.2) is 37.0 Å². The minimum atomic E-state index is -3.47. The van der Waals surface area contributed by atoms with Crippen LogP contribution in [0.2, 0.25) is 0 Å². The molecule has 1 unspecified atom stereocenters. The van der Waals surface area contributed by atoms with E-state index in [0.29, 0.717) is 11.4 Å². The van der Waals surface area contributed by atoms with Crippen LogP contribution in [-0.2, 0) is 10.0 Å². The Balaban J connectivity index is 2.38. The van der Waals surface area contributed by atoms with Crippen molar-refractivity contribution in [2.24, 2.45) is 0 Å². The summed E-state index contributed by atoms with van der Waals surface area (Å²) in [6.07, 6.45) is 1.55. The van der Waals surface area contributed by atoms with Crippen LogP contribution in [0.5, 0.6) is 0 Å². The standard InChI is InChI=1S/C13H19NO3S/c1-10-5-6-13(8-11(10)2)18(16,17)14-7-3-4-12(14)9-15/h5-6,8,12,15H,3-4,7,9H2,1-2H3. The summed E-state index contributed by atoms with van der Waals surface area (Å²) >= 11 is 0. The van der Waals surface area contributed by atoms with E-state index in [1.54, 1.807) is 12.1 Å². The van der Waals surface area contributed by atoms with E-state index >= 15 is 0 Å². The van der Waals surface area contributed by atoms with Crippen LogP contribution in [0.15, 0.2) is 23.1 Å². The summed E-state index contributed by atoms with van der Waals surface area (Å²) in [7, 11) is -3.47. The van der Waals surface area contributed by atoms with Crippen molar-refractivity contribution in [1.29, 1.82) is 0 Å². The van der Waals surface area contributed by atoms with Crippen LogP contribution in [0.4, 0.5) is 0 Å². The highest BCUT2D eigenvalue weighted by atomic mass is 32.2. The summed E-state index contributed by atoms with van der Waals surface area (Å²) in [5.41, 5.74) is 2.05. The van der Waals surface area contributed by atoms with Gasteiger partial charge in [-0.1, -0.05) is 6.07 Å². The Bertz CT molecular complexity index is 539. The molecule has 1 aliphatic rings. The van der Waals surface area contributed by atoms with Gasteiger partial charge in [-0.3, -0.25) is 0 Å². The fourth-order valence-corrected chi connectivity index (χ4v) is 4.09. The van der Waals surface area contributed by atoms with Crippen molar-refractivity contribution in [3.05, 3.63) is 29.3 Å². The number of hydrogen-bond donors (Lipinski definition) is 1. The molecule has 1 heterocycles. The lowest BCUT2D eigenvalue weighted by atomic mass is 10.1. The molecule has 1 aromatic rings. The van der Waals surface area contributed by atoms with E-state index in [-0.39, 0.29) is 12.6 Å². The first kappa shape index (κ1) is 13.5. The number of aliphatic hydroxyl groups excluding tert-OH is 1. The Hall–Kier alpha value is -0.910. The number of benzene rings is 1. The molecule has 18 heavy (non-hydrogen) atoms. The summed E-state index contributed by atoms with van der Waals surface area (Å²) in [4.78, 5) is 0.325. The van der Waals surface area contributed by atoms with Gasteiger partial charge in [-0.2, -0.15) is 4.31 Å². The van der Waals surface area contributed by atoms with E-state index in [1.165, 1.54) is 4.31 Å². The van der Waals surface area contributed by atoms with Crippen molar-refractivity contribution >= 4 is 10.0 Å². The molecule has 1 fully saturated rings. The summed E-state index contributed by atoms with van der Waals surface area (Å²) in [6, 6.07) is 4.91. The van der Waals surface area contributed by atoms with E-state index < -0.39 is 10.0 Å². The normalized spacial score (nSPS) is 21.4. The van der Waals surface area contributed by atoms with Gasteiger partial charge in [0.1, 0.15) is 0 Å². The average molecular weight is 269 g/mol. The molecule has 1 aliphatic heterocycles. The molecule has 0 aromatic heterocycles. The number of aliphatic hydroxyl groups is 1. The fraction of sp³-hybridized carbons (Fsp3) is 0.538. The Morgan fingerprint density at radius 3 is 2.67 bits per heavy atom. The second-order valence-corrected chi connectivity index (χ2v) is 6.73. The highest BCUT2D eigenvalue weighted by Crippen LogP contribution is 2.26. The third-order valence-corrected chi connectivity index (χ3v) is 5.57. The predicted octanol–water partition coefficient (Wildman–Crippen LogP) is 1.45. The topological polar surface area (TPSA) is 57.6 Å². The lowest BCUT2D eigenvalue weighted by Crippen LogP contribution is -2.37. The first-order valence-electron chi connectivity index (χ1n) is 6.17. The van der Waals surface area contributed by atoms with Gasteiger partial charge in [-0.15, -0.1) is 0 Å². The molecule has 4 nitrogen and oxygen atoms in total. The van der Waals surface area contributed by atoms with Gasteiger partial charge >= 0.3 is 0 Å². The minimum absolute atomic E-state index is 0.107. The first-order valence-corrected chi connectivity index (χ1v) is 7.61. The molecule has 0 aliphatic carbocycles. The van der Waals surface area contributed by atoms with Gasteiger partial charge in [0.05, 0.1) is 11.5 Å². The molecule has 0 radical (unpaired) electrons. The molecule has 1 saturated heterocycles. The number of nitrogens with zero attached hydrogens (tertiary/aromatic N) is 1. The van der Waals surface area contributed by atoms with Crippen molar-refractivity contribution in [3.63, 3.8) is 0 Å². The van der Waals surface area contributed by atoms with Crippen molar-refractivity contribution in [2.75, 3.05) is 13.2 Å². The monoisotopic (exact) mass is 269 g/mol. The van der Waals surface area contributed by atoms with Gasteiger partial charge in [0.15, 0.2) is 0 Å². The first-order chi connectivity index (χ1) is 8.46. The highest BCUT2D eigenvalue weighted by molar-refractivity contribution is 7.89. The zero-order chi connectivity index (χ0) is 13.3. The lowest BCUT2D eigenvalue weighted by molar-refractivity contribution is 0.213. The van der Waals surface area contributed by atoms with Crippen LogP contribution in [0, 0.1) is 13.8 Å². The van der Waals surface area contributed by atoms with Crippen molar-refractivity contribution in [2.45, 2.75) is 37.6 Å². The smallest absolute Gasteiger partial charge is 0.243 e. The van der Waals surface area contributed by atoms with Crippen molar-refractivity contribution in [3.8, 4) is 0 Å². The summed E-state index contributed by atoms with van der Waals surface area (Å²) in [6.45, 7) is 4.25. The van der Waals surface area contributed by atoms with Crippen molar-refractivity contribution in [1.82, 2.24) is 4.31 Å². The third-order valence-electron chi connectivity index (χ3n) is 3.62. The van der Waals surface area contributed by atoms with Crippen LogP contribution in [0.3, 0.4) is 0 Å². The average Bonchev–Trinajstić information content (AvgIpc) is 2.81. The number of sulfonamides is 1. The van der Waals surface area contributed by atoms with Crippen LogP contribution < -0.4 is 0 Å². The summed E-state index contributed by atoms with van der Waals surface area (Å²) < 4.78 is 26.4. The number of rotatable bonds is 3. The summed E-state index contributed by atoms with van der Waals surface area (Å²) in [5.74, 6) is 0. The van der Waals surface area contributed by atoms with Crippen LogP contribution in [0.1, 0.15) is 24.0 Å². The second kappa shape index (κ2) is 4.99. The van der Waals surface area contributed by atoms with Gasteiger partial charge in [0.25, 0.3) is 0 Å². The Morgan fingerprint density at radius 1 is 1.33 bits per heavy atom. The van der Waals surface area contributed by atoms with E-state index in [9.17, 15) is 13.5 Å². The molecule has 0 spiro atoms. The largest absolute Gasteiger partial charge is 0.395 e. The zero-order valence-corrected chi connectivity index (χ0v) is 11.6. The predicted molar refractivity (Wildman–Crippen MR) is 69.9 cm³/mol. The molecule has 0 bridgehead atoms.